The zero-order valence-electron chi connectivity index (χ0n) is 13.8. The van der Waals surface area contributed by atoms with Crippen LogP contribution in [0.3, 0.4) is 0 Å². The lowest BCUT2D eigenvalue weighted by Gasteiger charge is -2.11. The topological polar surface area (TPSA) is 73.8 Å². The van der Waals surface area contributed by atoms with Crippen molar-refractivity contribution in [2.24, 2.45) is 0 Å². The maximum absolute atomic E-state index is 12.6. The van der Waals surface area contributed by atoms with E-state index in [1.165, 1.54) is 23.1 Å². The Morgan fingerprint density at radius 2 is 2.21 bits per heavy atom. The minimum atomic E-state index is -0.161. The molecule has 0 aliphatic heterocycles. The van der Waals surface area contributed by atoms with Crippen molar-refractivity contribution in [2.45, 2.75) is 43.6 Å². The van der Waals surface area contributed by atoms with Crippen LogP contribution in [0.5, 0.6) is 0 Å². The summed E-state index contributed by atoms with van der Waals surface area (Å²) >= 11 is 2.87. The first-order chi connectivity index (χ1) is 11.4. The van der Waals surface area contributed by atoms with Gasteiger partial charge in [-0.15, -0.1) is 17.9 Å². The van der Waals surface area contributed by atoms with Gasteiger partial charge in [0.05, 0.1) is 11.1 Å². The van der Waals surface area contributed by atoms with Crippen LogP contribution < -0.4 is 5.56 Å². The smallest absolute Gasteiger partial charge is 0.263 e. The highest BCUT2D eigenvalue weighted by atomic mass is 32.2. The molecule has 0 fully saturated rings. The van der Waals surface area contributed by atoms with Crippen LogP contribution in [0.25, 0.3) is 10.2 Å². The van der Waals surface area contributed by atoms with E-state index < -0.39 is 0 Å². The van der Waals surface area contributed by atoms with Gasteiger partial charge in [-0.3, -0.25) is 9.36 Å². The summed E-state index contributed by atoms with van der Waals surface area (Å²) in [6.45, 7) is 10.2. The van der Waals surface area contributed by atoms with Crippen LogP contribution in [0, 0.1) is 0 Å². The molecule has 0 amide bonds. The first-order valence-electron chi connectivity index (χ1n) is 7.45. The lowest BCUT2D eigenvalue weighted by molar-refractivity contribution is 0.372. The van der Waals surface area contributed by atoms with Crippen LogP contribution in [-0.2, 0) is 17.7 Å². The molecule has 126 valence electrons. The van der Waals surface area contributed by atoms with Gasteiger partial charge < -0.3 is 4.52 Å². The number of rotatable bonds is 5. The summed E-state index contributed by atoms with van der Waals surface area (Å²) in [4.78, 5) is 22.3. The van der Waals surface area contributed by atoms with Crippen molar-refractivity contribution in [1.82, 2.24) is 19.7 Å². The Hall–Kier alpha value is -1.93. The van der Waals surface area contributed by atoms with Crippen molar-refractivity contribution in [3.8, 4) is 0 Å². The second kappa shape index (κ2) is 6.52. The third-order valence-corrected chi connectivity index (χ3v) is 5.09. The van der Waals surface area contributed by atoms with E-state index in [0.717, 1.165) is 4.83 Å². The van der Waals surface area contributed by atoms with Crippen LogP contribution in [0.15, 0.2) is 38.6 Å². The van der Waals surface area contributed by atoms with Gasteiger partial charge in [0.1, 0.15) is 4.83 Å². The Balaban J connectivity index is 1.89. The number of thioether (sulfide) groups is 1. The van der Waals surface area contributed by atoms with E-state index in [-0.39, 0.29) is 11.0 Å². The maximum Gasteiger partial charge on any atom is 0.263 e. The monoisotopic (exact) mass is 362 g/mol. The second-order valence-electron chi connectivity index (χ2n) is 6.29. The fourth-order valence-corrected chi connectivity index (χ4v) is 3.73. The van der Waals surface area contributed by atoms with E-state index in [1.807, 2.05) is 26.2 Å². The van der Waals surface area contributed by atoms with Crippen LogP contribution in [0.1, 0.15) is 32.5 Å². The summed E-state index contributed by atoms with van der Waals surface area (Å²) in [5.74, 6) is 1.66. The number of fused-ring (bicyclic) bond motifs is 1. The third kappa shape index (κ3) is 3.29. The summed E-state index contributed by atoms with van der Waals surface area (Å²) in [6, 6.07) is 1.80. The molecule has 0 bridgehead atoms. The van der Waals surface area contributed by atoms with Gasteiger partial charge in [-0.05, 0) is 11.4 Å². The molecular weight excluding hydrogens is 344 g/mol. The van der Waals surface area contributed by atoms with Gasteiger partial charge in [0.25, 0.3) is 5.56 Å². The van der Waals surface area contributed by atoms with Gasteiger partial charge in [-0.1, -0.05) is 43.8 Å². The van der Waals surface area contributed by atoms with Crippen molar-refractivity contribution in [1.29, 1.82) is 0 Å². The van der Waals surface area contributed by atoms with Gasteiger partial charge in [0, 0.05) is 12.0 Å². The van der Waals surface area contributed by atoms with Crippen LogP contribution in [0.4, 0.5) is 0 Å². The lowest BCUT2D eigenvalue weighted by Crippen LogP contribution is -2.22. The molecule has 3 heterocycles. The largest absolute Gasteiger partial charge is 0.338 e. The molecule has 0 aliphatic carbocycles. The molecule has 0 aromatic carbocycles. The molecule has 0 spiro atoms. The first-order valence-corrected chi connectivity index (χ1v) is 9.31. The van der Waals surface area contributed by atoms with E-state index in [1.54, 1.807) is 16.7 Å². The van der Waals surface area contributed by atoms with E-state index in [0.29, 0.717) is 34.6 Å². The van der Waals surface area contributed by atoms with Gasteiger partial charge in [0.15, 0.2) is 11.0 Å². The Morgan fingerprint density at radius 3 is 2.88 bits per heavy atom. The molecule has 0 atom stereocenters. The van der Waals surface area contributed by atoms with Crippen LogP contribution in [-0.4, -0.2) is 19.7 Å². The Morgan fingerprint density at radius 1 is 1.42 bits per heavy atom. The Bertz CT molecular complexity index is 934. The molecule has 3 aromatic heterocycles. The van der Waals surface area contributed by atoms with Gasteiger partial charge in [-0.2, -0.15) is 4.98 Å². The zero-order chi connectivity index (χ0) is 17.3. The number of aromatic nitrogens is 4. The summed E-state index contributed by atoms with van der Waals surface area (Å²) in [5.41, 5.74) is -0.213. The first kappa shape index (κ1) is 16.9. The molecule has 24 heavy (non-hydrogen) atoms. The third-order valence-electron chi connectivity index (χ3n) is 3.32. The summed E-state index contributed by atoms with van der Waals surface area (Å²) in [7, 11) is 0. The highest BCUT2D eigenvalue weighted by molar-refractivity contribution is 7.98. The highest BCUT2D eigenvalue weighted by Crippen LogP contribution is 2.25. The summed E-state index contributed by atoms with van der Waals surface area (Å²) < 4.78 is 6.92. The molecule has 3 rings (SSSR count). The maximum atomic E-state index is 12.6. The van der Waals surface area contributed by atoms with Crippen molar-refractivity contribution in [3.63, 3.8) is 0 Å². The molecule has 3 aromatic rings. The molecule has 8 heteroatoms. The molecule has 0 saturated carbocycles. The fraction of sp³-hybridized carbons (Fsp3) is 0.375. The predicted molar refractivity (Wildman–Crippen MR) is 96.6 cm³/mol. The summed E-state index contributed by atoms with van der Waals surface area (Å²) in [6.07, 6.45) is 1.69. The standard InChI is InChI=1S/C16H18N4O2S2/c1-5-7-20-13(21)10-6-8-23-12(10)18-15(20)24-9-11-17-14(19-22-11)16(2,3)4/h5-6,8H,1,7,9H2,2-4H3. The predicted octanol–water partition coefficient (Wildman–Crippen LogP) is 3.62. The van der Waals surface area contributed by atoms with E-state index >= 15 is 0 Å². The van der Waals surface area contributed by atoms with E-state index in [2.05, 4.69) is 21.7 Å². The van der Waals surface area contributed by atoms with Gasteiger partial charge in [0.2, 0.25) is 5.89 Å². The van der Waals surface area contributed by atoms with Crippen molar-refractivity contribution in [3.05, 3.63) is 46.2 Å². The lowest BCUT2D eigenvalue weighted by atomic mass is 9.96. The van der Waals surface area contributed by atoms with E-state index in [4.69, 9.17) is 4.52 Å². The molecule has 6 nitrogen and oxygen atoms in total. The van der Waals surface area contributed by atoms with E-state index in [9.17, 15) is 4.79 Å². The Labute approximate surface area is 147 Å². The van der Waals surface area contributed by atoms with Crippen LogP contribution in [0.2, 0.25) is 0 Å². The number of allylic oxidation sites excluding steroid dienone is 1. The summed E-state index contributed by atoms with van der Waals surface area (Å²) in [5, 5.41) is 7.16. The molecular formula is C16H18N4O2S2. The van der Waals surface area contributed by atoms with Crippen molar-refractivity contribution in [2.75, 3.05) is 0 Å². The molecule has 0 saturated heterocycles. The number of nitrogens with zero attached hydrogens (tertiary/aromatic N) is 4. The van der Waals surface area contributed by atoms with Crippen molar-refractivity contribution < 1.29 is 4.52 Å². The number of thiophene rings is 1. The van der Waals surface area contributed by atoms with Gasteiger partial charge >= 0.3 is 0 Å². The minimum absolute atomic E-state index is 0.0513. The quantitative estimate of drug-likeness (QED) is 0.392. The molecule has 0 radical (unpaired) electrons. The zero-order valence-corrected chi connectivity index (χ0v) is 15.4. The number of hydrogen-bond acceptors (Lipinski definition) is 7. The SMILES string of the molecule is C=CCn1c(SCc2nc(C(C)(C)C)no2)nc2sccc2c1=O. The van der Waals surface area contributed by atoms with Crippen LogP contribution >= 0.6 is 23.1 Å². The number of hydrogen-bond donors (Lipinski definition) is 0. The molecule has 0 unspecified atom stereocenters. The van der Waals surface area contributed by atoms with Gasteiger partial charge in [-0.25, -0.2) is 4.98 Å². The molecule has 0 N–H and O–H groups in total. The second-order valence-corrected chi connectivity index (χ2v) is 8.13. The fourth-order valence-electron chi connectivity index (χ4n) is 2.07. The highest BCUT2D eigenvalue weighted by Gasteiger charge is 2.21. The average Bonchev–Trinajstić information content (AvgIpc) is 3.16. The average molecular weight is 362 g/mol. The Kier molecular flexibility index (Phi) is 4.60. The molecule has 0 aliphatic rings. The van der Waals surface area contributed by atoms with Crippen molar-refractivity contribution >= 4 is 33.3 Å². The minimum Gasteiger partial charge on any atom is -0.338 e. The normalized spacial score (nSPS) is 12.0.